The molecule has 2 rings (SSSR count). The molecule has 0 spiro atoms. The van der Waals surface area contributed by atoms with Crippen LogP contribution in [-0.4, -0.2) is 16.2 Å². The second kappa shape index (κ2) is 3.05. The maximum Gasteiger partial charge on any atom is 0.229 e. The Labute approximate surface area is 83.9 Å². The second-order valence-electron chi connectivity index (χ2n) is 5.13. The van der Waals surface area contributed by atoms with Gasteiger partial charge in [0, 0.05) is 17.4 Å². The lowest BCUT2D eigenvalue weighted by Crippen LogP contribution is -2.34. The Kier molecular flexibility index (Phi) is 2.10. The average Bonchev–Trinajstić information content (AvgIpc) is 2.45. The third kappa shape index (κ3) is 1.66. The molecule has 0 radical (unpaired) electrons. The highest BCUT2D eigenvalue weighted by atomic mass is 16.5. The molecule has 1 aromatic heterocycles. The van der Waals surface area contributed by atoms with Gasteiger partial charge < -0.3 is 10.3 Å². The smallest absolute Gasteiger partial charge is 0.229 e. The molecule has 1 heterocycles. The highest BCUT2D eigenvalue weighted by Crippen LogP contribution is 2.35. The molecular weight excluding hydrogens is 178 g/mol. The molecule has 4 heteroatoms. The van der Waals surface area contributed by atoms with E-state index in [1.54, 1.807) is 0 Å². The van der Waals surface area contributed by atoms with Crippen molar-refractivity contribution in [1.29, 1.82) is 0 Å². The SMILES string of the molecule is CC(C)(C)c1noc(C2CC(N)C2)n1. The summed E-state index contributed by atoms with van der Waals surface area (Å²) in [5.74, 6) is 1.94. The quantitative estimate of drug-likeness (QED) is 0.738. The molecule has 14 heavy (non-hydrogen) atoms. The van der Waals surface area contributed by atoms with Crippen molar-refractivity contribution in [1.82, 2.24) is 10.1 Å². The van der Waals surface area contributed by atoms with Gasteiger partial charge in [-0.05, 0) is 12.8 Å². The van der Waals surface area contributed by atoms with Gasteiger partial charge in [0.25, 0.3) is 0 Å². The monoisotopic (exact) mass is 195 g/mol. The Balaban J connectivity index is 2.11. The number of nitrogens with two attached hydrogens (primary N) is 1. The summed E-state index contributed by atoms with van der Waals surface area (Å²) >= 11 is 0. The van der Waals surface area contributed by atoms with Gasteiger partial charge in [-0.2, -0.15) is 4.98 Å². The molecular formula is C10H17N3O. The van der Waals surface area contributed by atoms with E-state index in [-0.39, 0.29) is 5.41 Å². The van der Waals surface area contributed by atoms with Crippen molar-refractivity contribution in [2.75, 3.05) is 0 Å². The van der Waals surface area contributed by atoms with Crippen LogP contribution in [0, 0.1) is 0 Å². The second-order valence-corrected chi connectivity index (χ2v) is 5.13. The average molecular weight is 195 g/mol. The maximum atomic E-state index is 5.71. The highest BCUT2D eigenvalue weighted by molar-refractivity contribution is 5.06. The number of nitrogens with zero attached hydrogens (tertiary/aromatic N) is 2. The molecule has 0 bridgehead atoms. The summed E-state index contributed by atoms with van der Waals surface area (Å²) in [4.78, 5) is 4.40. The summed E-state index contributed by atoms with van der Waals surface area (Å²) in [5, 5.41) is 3.99. The Hall–Kier alpha value is -0.900. The minimum absolute atomic E-state index is 0.0341. The number of hydrogen-bond donors (Lipinski definition) is 1. The first-order valence-electron chi connectivity index (χ1n) is 5.06. The van der Waals surface area contributed by atoms with E-state index in [9.17, 15) is 0 Å². The third-order valence-electron chi connectivity index (χ3n) is 2.64. The Morgan fingerprint density at radius 1 is 1.36 bits per heavy atom. The van der Waals surface area contributed by atoms with Crippen molar-refractivity contribution in [3.8, 4) is 0 Å². The van der Waals surface area contributed by atoms with Crippen molar-refractivity contribution in [3.05, 3.63) is 11.7 Å². The third-order valence-corrected chi connectivity index (χ3v) is 2.64. The van der Waals surface area contributed by atoms with Crippen LogP contribution >= 0.6 is 0 Å². The van der Waals surface area contributed by atoms with Crippen LogP contribution in [0.1, 0.15) is 51.2 Å². The van der Waals surface area contributed by atoms with E-state index in [4.69, 9.17) is 10.3 Å². The molecule has 0 unspecified atom stereocenters. The topological polar surface area (TPSA) is 64.9 Å². The molecule has 1 aromatic rings. The lowest BCUT2D eigenvalue weighted by atomic mass is 9.81. The zero-order chi connectivity index (χ0) is 10.3. The Bertz CT molecular complexity index is 320. The summed E-state index contributed by atoms with van der Waals surface area (Å²) < 4.78 is 5.23. The first kappa shape index (κ1) is 9.65. The molecule has 1 fully saturated rings. The molecule has 0 saturated heterocycles. The van der Waals surface area contributed by atoms with E-state index < -0.39 is 0 Å². The number of hydrogen-bond acceptors (Lipinski definition) is 4. The van der Waals surface area contributed by atoms with Crippen molar-refractivity contribution >= 4 is 0 Å². The fourth-order valence-electron chi connectivity index (χ4n) is 1.57. The van der Waals surface area contributed by atoms with E-state index >= 15 is 0 Å². The lowest BCUT2D eigenvalue weighted by Gasteiger charge is -2.29. The molecule has 1 aliphatic carbocycles. The molecule has 0 aliphatic heterocycles. The van der Waals surface area contributed by atoms with Crippen LogP contribution in [0.2, 0.25) is 0 Å². The highest BCUT2D eigenvalue weighted by Gasteiger charge is 2.33. The molecule has 0 aromatic carbocycles. The van der Waals surface area contributed by atoms with Crippen molar-refractivity contribution in [3.63, 3.8) is 0 Å². The van der Waals surface area contributed by atoms with Gasteiger partial charge in [0.15, 0.2) is 5.82 Å². The van der Waals surface area contributed by atoms with Crippen LogP contribution in [0.4, 0.5) is 0 Å². The van der Waals surface area contributed by atoms with Gasteiger partial charge in [-0.1, -0.05) is 25.9 Å². The molecule has 1 aliphatic rings. The van der Waals surface area contributed by atoms with Crippen molar-refractivity contribution < 1.29 is 4.52 Å². The van der Waals surface area contributed by atoms with E-state index in [0.717, 1.165) is 24.6 Å². The van der Waals surface area contributed by atoms with Gasteiger partial charge in [-0.3, -0.25) is 0 Å². The fraction of sp³-hybridized carbons (Fsp3) is 0.800. The molecule has 0 amide bonds. The zero-order valence-electron chi connectivity index (χ0n) is 8.95. The normalized spacial score (nSPS) is 27.4. The Morgan fingerprint density at radius 2 is 2.00 bits per heavy atom. The predicted octanol–water partition coefficient (Wildman–Crippen LogP) is 1.57. The summed E-state index contributed by atoms with van der Waals surface area (Å²) in [6.07, 6.45) is 1.96. The number of rotatable bonds is 1. The van der Waals surface area contributed by atoms with Gasteiger partial charge in [-0.15, -0.1) is 0 Å². The van der Waals surface area contributed by atoms with Gasteiger partial charge >= 0.3 is 0 Å². The van der Waals surface area contributed by atoms with Gasteiger partial charge in [0.05, 0.1) is 0 Å². The van der Waals surface area contributed by atoms with Gasteiger partial charge in [-0.25, -0.2) is 0 Å². The van der Waals surface area contributed by atoms with Crippen LogP contribution in [0.5, 0.6) is 0 Å². The van der Waals surface area contributed by atoms with E-state index in [1.807, 2.05) is 0 Å². The predicted molar refractivity (Wildman–Crippen MR) is 52.9 cm³/mol. The molecule has 78 valence electrons. The summed E-state index contributed by atoms with van der Waals surface area (Å²) in [6.45, 7) is 6.23. The molecule has 2 N–H and O–H groups in total. The van der Waals surface area contributed by atoms with E-state index in [2.05, 4.69) is 30.9 Å². The lowest BCUT2D eigenvalue weighted by molar-refractivity contribution is 0.263. The van der Waals surface area contributed by atoms with Crippen LogP contribution in [0.25, 0.3) is 0 Å². The maximum absolute atomic E-state index is 5.71. The minimum Gasteiger partial charge on any atom is -0.339 e. The summed E-state index contributed by atoms with van der Waals surface area (Å²) in [6, 6.07) is 0.324. The first-order chi connectivity index (χ1) is 6.47. The fourth-order valence-corrected chi connectivity index (χ4v) is 1.57. The molecule has 1 saturated carbocycles. The van der Waals surface area contributed by atoms with Crippen molar-refractivity contribution in [2.45, 2.75) is 51.0 Å². The largest absolute Gasteiger partial charge is 0.339 e. The van der Waals surface area contributed by atoms with Crippen LogP contribution in [0.15, 0.2) is 4.52 Å². The van der Waals surface area contributed by atoms with Gasteiger partial charge in [0.1, 0.15) is 0 Å². The minimum atomic E-state index is -0.0341. The van der Waals surface area contributed by atoms with Crippen LogP contribution in [0.3, 0.4) is 0 Å². The van der Waals surface area contributed by atoms with E-state index in [1.165, 1.54) is 0 Å². The molecule has 0 atom stereocenters. The summed E-state index contributed by atoms with van der Waals surface area (Å²) in [7, 11) is 0. The summed E-state index contributed by atoms with van der Waals surface area (Å²) in [5.41, 5.74) is 5.67. The first-order valence-corrected chi connectivity index (χ1v) is 5.06. The van der Waals surface area contributed by atoms with Gasteiger partial charge in [0.2, 0.25) is 5.89 Å². The zero-order valence-corrected chi connectivity index (χ0v) is 8.95. The standard InChI is InChI=1S/C10H17N3O/c1-10(2,3)9-12-8(14-13-9)6-4-7(11)5-6/h6-7H,4-5,11H2,1-3H3. The van der Waals surface area contributed by atoms with E-state index in [0.29, 0.717) is 12.0 Å². The van der Waals surface area contributed by atoms with Crippen LogP contribution in [-0.2, 0) is 5.41 Å². The van der Waals surface area contributed by atoms with Crippen LogP contribution < -0.4 is 5.73 Å². The number of aromatic nitrogens is 2. The van der Waals surface area contributed by atoms with Crippen molar-refractivity contribution in [2.24, 2.45) is 5.73 Å². The molecule has 4 nitrogen and oxygen atoms in total. The Morgan fingerprint density at radius 3 is 2.43 bits per heavy atom.